The molecule has 0 spiro atoms. The highest BCUT2D eigenvalue weighted by Gasteiger charge is 2.26. The number of rotatable bonds is 7. The Balaban J connectivity index is 1.28. The summed E-state index contributed by atoms with van der Waals surface area (Å²) in [5.74, 6) is 1.16. The Morgan fingerprint density at radius 3 is 2.47 bits per heavy atom. The molecule has 0 bridgehead atoms. The molecule has 0 radical (unpaired) electrons. The number of aliphatic carboxylic acids is 1. The second-order valence-electron chi connectivity index (χ2n) is 9.50. The second kappa shape index (κ2) is 11.1. The number of hydrogen-bond acceptors (Lipinski definition) is 10. The monoisotopic (exact) mass is 495 g/mol. The van der Waals surface area contributed by atoms with Crippen LogP contribution in [0.2, 0.25) is 0 Å². The van der Waals surface area contributed by atoms with E-state index >= 15 is 0 Å². The summed E-state index contributed by atoms with van der Waals surface area (Å²) in [6, 6.07) is 7.66. The summed E-state index contributed by atoms with van der Waals surface area (Å²) >= 11 is 0. The first-order valence-corrected chi connectivity index (χ1v) is 12.7. The number of nitrogens with one attached hydrogen (secondary N) is 2. The van der Waals surface area contributed by atoms with Crippen molar-refractivity contribution in [2.45, 2.75) is 50.9 Å². The van der Waals surface area contributed by atoms with E-state index in [0.717, 1.165) is 50.2 Å². The highest BCUT2D eigenvalue weighted by atomic mass is 16.5. The molecule has 11 heteroatoms. The first-order chi connectivity index (χ1) is 17.5. The molecule has 1 aromatic heterocycles. The van der Waals surface area contributed by atoms with Crippen molar-refractivity contribution in [1.82, 2.24) is 20.3 Å². The van der Waals surface area contributed by atoms with Gasteiger partial charge in [0.05, 0.1) is 24.0 Å². The number of anilines is 3. The normalized spacial score (nSPS) is 20.8. The lowest BCUT2D eigenvalue weighted by Gasteiger charge is -2.31. The van der Waals surface area contributed by atoms with Crippen LogP contribution in [-0.4, -0.2) is 76.1 Å². The molecule has 11 nitrogen and oxygen atoms in total. The van der Waals surface area contributed by atoms with E-state index in [1.165, 1.54) is 12.8 Å². The summed E-state index contributed by atoms with van der Waals surface area (Å²) in [4.78, 5) is 24.6. The molecule has 0 aliphatic carbocycles. The fourth-order valence-electron chi connectivity index (χ4n) is 4.91. The van der Waals surface area contributed by atoms with Crippen LogP contribution in [0.1, 0.15) is 56.0 Å². The van der Waals surface area contributed by atoms with Crippen molar-refractivity contribution in [3.8, 4) is 5.75 Å². The van der Waals surface area contributed by atoms with Crippen molar-refractivity contribution in [3.05, 3.63) is 35.5 Å². The highest BCUT2D eigenvalue weighted by molar-refractivity contribution is 5.84. The van der Waals surface area contributed by atoms with Crippen molar-refractivity contribution < 1.29 is 19.7 Å². The average molecular weight is 496 g/mol. The van der Waals surface area contributed by atoms with Gasteiger partial charge in [-0.2, -0.15) is 10.1 Å². The largest absolute Gasteiger partial charge is 0.490 e. The van der Waals surface area contributed by atoms with Crippen LogP contribution in [0.25, 0.3) is 0 Å². The predicted octanol–water partition coefficient (Wildman–Crippen LogP) is 2.46. The number of aromatic nitrogens is 2. The average Bonchev–Trinajstić information content (AvgIpc) is 3.16. The zero-order valence-corrected chi connectivity index (χ0v) is 20.3. The van der Waals surface area contributed by atoms with Crippen LogP contribution in [0, 0.1) is 0 Å². The van der Waals surface area contributed by atoms with Gasteiger partial charge in [0.2, 0.25) is 5.95 Å². The molecule has 1 atom stereocenters. The molecule has 1 aromatic carbocycles. The van der Waals surface area contributed by atoms with E-state index in [4.69, 9.17) is 19.8 Å². The fourth-order valence-corrected chi connectivity index (χ4v) is 4.91. The van der Waals surface area contributed by atoms with E-state index in [1.807, 2.05) is 29.2 Å². The second-order valence-corrected chi connectivity index (χ2v) is 9.50. The van der Waals surface area contributed by atoms with Crippen LogP contribution in [0.5, 0.6) is 5.75 Å². The maximum Gasteiger partial charge on any atom is 0.317 e. The van der Waals surface area contributed by atoms with Crippen molar-refractivity contribution in [3.63, 3.8) is 0 Å². The van der Waals surface area contributed by atoms with Gasteiger partial charge in [-0.05, 0) is 49.9 Å². The maximum atomic E-state index is 10.9. The van der Waals surface area contributed by atoms with Crippen LogP contribution >= 0.6 is 0 Å². The predicted molar refractivity (Wildman–Crippen MR) is 136 cm³/mol. The number of hydrazone groups is 1. The molecule has 192 valence electrons. The number of aliphatic hydroxyl groups is 1. The summed E-state index contributed by atoms with van der Waals surface area (Å²) in [5.41, 5.74) is 4.66. The molecule has 3 aliphatic rings. The lowest BCUT2D eigenvalue weighted by atomic mass is 10.1. The molecule has 0 saturated carbocycles. The molecule has 4 N–H and O–H groups in total. The van der Waals surface area contributed by atoms with Gasteiger partial charge >= 0.3 is 5.97 Å². The van der Waals surface area contributed by atoms with Gasteiger partial charge in [-0.15, -0.1) is 0 Å². The Hall–Kier alpha value is -3.44. The Morgan fingerprint density at radius 2 is 1.78 bits per heavy atom. The number of likely N-dealkylation sites (tertiary alicyclic amines) is 1. The summed E-state index contributed by atoms with van der Waals surface area (Å²) in [6.45, 7) is 3.34. The Bertz CT molecular complexity index is 1080. The third-order valence-electron chi connectivity index (χ3n) is 6.82. The van der Waals surface area contributed by atoms with Crippen molar-refractivity contribution in [2.24, 2.45) is 5.10 Å². The summed E-state index contributed by atoms with van der Waals surface area (Å²) in [7, 11) is 0. The summed E-state index contributed by atoms with van der Waals surface area (Å²) in [5, 5.41) is 26.9. The minimum absolute atomic E-state index is 0.0689. The molecule has 1 unspecified atom stereocenters. The quantitative estimate of drug-likeness (QED) is 0.453. The molecule has 4 heterocycles. The molecule has 2 aromatic rings. The number of hydrogen-bond donors (Lipinski definition) is 4. The Labute approximate surface area is 210 Å². The van der Waals surface area contributed by atoms with Crippen molar-refractivity contribution >= 4 is 29.6 Å². The lowest BCUT2D eigenvalue weighted by molar-refractivity contribution is -0.138. The minimum atomic E-state index is -1.000. The number of carbonyl (C=O) groups is 1. The number of nitrogens with zero attached hydrogens (tertiary/aromatic N) is 5. The lowest BCUT2D eigenvalue weighted by Crippen LogP contribution is -2.40. The van der Waals surface area contributed by atoms with Crippen LogP contribution in [0.3, 0.4) is 0 Å². The van der Waals surface area contributed by atoms with E-state index in [1.54, 1.807) is 6.21 Å². The first kappa shape index (κ1) is 24.3. The molecule has 5 rings (SSSR count). The van der Waals surface area contributed by atoms with Crippen LogP contribution < -0.4 is 20.4 Å². The number of fused-ring (bicyclic) bond motifs is 1. The van der Waals surface area contributed by atoms with Crippen LogP contribution in [-0.2, 0) is 4.79 Å². The van der Waals surface area contributed by atoms with Gasteiger partial charge in [0.1, 0.15) is 17.7 Å². The van der Waals surface area contributed by atoms with Gasteiger partial charge in [0, 0.05) is 31.9 Å². The number of benzene rings is 1. The van der Waals surface area contributed by atoms with Crippen LogP contribution in [0.15, 0.2) is 29.4 Å². The van der Waals surface area contributed by atoms with E-state index in [2.05, 4.69) is 20.7 Å². The molecular formula is C25H33N7O4. The van der Waals surface area contributed by atoms with E-state index < -0.39 is 12.2 Å². The topological polar surface area (TPSA) is 135 Å². The molecule has 0 amide bonds. The first-order valence-electron chi connectivity index (χ1n) is 12.7. The van der Waals surface area contributed by atoms with E-state index in [9.17, 15) is 9.90 Å². The van der Waals surface area contributed by atoms with Gasteiger partial charge < -0.3 is 25.2 Å². The number of carboxylic acid groups (broad SMARTS) is 1. The van der Waals surface area contributed by atoms with Gasteiger partial charge in [-0.3, -0.25) is 15.1 Å². The van der Waals surface area contributed by atoms with E-state index in [0.29, 0.717) is 36.1 Å². The molecule has 2 saturated heterocycles. The van der Waals surface area contributed by atoms with Crippen LogP contribution in [0.4, 0.5) is 17.5 Å². The fraction of sp³-hybridized carbons (Fsp3) is 0.520. The smallest absolute Gasteiger partial charge is 0.317 e. The molecule has 3 aliphatic heterocycles. The Morgan fingerprint density at radius 1 is 1.06 bits per heavy atom. The van der Waals surface area contributed by atoms with Gasteiger partial charge in [0.15, 0.2) is 6.23 Å². The highest BCUT2D eigenvalue weighted by Crippen LogP contribution is 2.31. The minimum Gasteiger partial charge on any atom is -0.490 e. The zero-order chi connectivity index (χ0) is 24.9. The number of piperidine rings is 1. The van der Waals surface area contributed by atoms with Gasteiger partial charge in [0.25, 0.3) is 0 Å². The molecular weight excluding hydrogens is 462 g/mol. The standard InChI is InChI=1S/C25H33N7O4/c33-21(34)16-31-13-9-19(10-14-31)36-18-7-5-17(6-8-18)27-23-22-20(15-26-30-24(22)35)28-25(29-23)32-11-3-1-2-4-12-32/h5-8,15,19,24,30,35H,1-4,9-14,16H2,(H,33,34)(H,27,28,29). The maximum absolute atomic E-state index is 10.9. The molecule has 2 fully saturated rings. The summed E-state index contributed by atoms with van der Waals surface area (Å²) < 4.78 is 6.13. The third-order valence-corrected chi connectivity index (χ3v) is 6.82. The van der Waals surface area contributed by atoms with E-state index in [-0.39, 0.29) is 12.6 Å². The zero-order valence-electron chi connectivity index (χ0n) is 20.3. The van der Waals surface area contributed by atoms with Gasteiger partial charge in [-0.1, -0.05) is 12.8 Å². The van der Waals surface area contributed by atoms with Crippen molar-refractivity contribution in [1.29, 1.82) is 0 Å². The SMILES string of the molecule is O=C(O)CN1CCC(Oc2ccc(Nc3nc(N4CCCCCC4)nc4c3C(O)NN=C4)cc2)CC1. The third kappa shape index (κ3) is 5.85. The van der Waals surface area contributed by atoms with Crippen molar-refractivity contribution in [2.75, 3.05) is 42.9 Å². The Kier molecular flexibility index (Phi) is 7.47. The molecule has 36 heavy (non-hydrogen) atoms. The number of ether oxygens (including phenoxy) is 1. The van der Waals surface area contributed by atoms with Gasteiger partial charge in [-0.25, -0.2) is 4.98 Å². The summed E-state index contributed by atoms with van der Waals surface area (Å²) in [6.07, 6.45) is 6.94. The number of carboxylic acids is 1. The number of aliphatic hydroxyl groups excluding tert-OH is 1.